The van der Waals surface area contributed by atoms with E-state index in [9.17, 15) is 5.11 Å². The molecule has 4 atom stereocenters. The SMILES string of the molecule is CCC1CCC(CN)(C2(O)CCCC(C)CC2)C1. The zero-order chi connectivity index (χ0) is 13.2. The van der Waals surface area contributed by atoms with Gasteiger partial charge in [-0.15, -0.1) is 0 Å². The quantitative estimate of drug-likeness (QED) is 0.757. The standard InChI is InChI=1S/C16H31NO/c1-3-14-7-9-15(11-14,12-17)16(18)8-4-5-13(2)6-10-16/h13-14,18H,3-12,17H2,1-2H3. The highest BCUT2D eigenvalue weighted by Crippen LogP contribution is 2.53. The second-order valence-corrected chi connectivity index (χ2v) is 7.07. The van der Waals surface area contributed by atoms with Crippen molar-refractivity contribution in [1.29, 1.82) is 0 Å². The average Bonchev–Trinajstić information content (AvgIpc) is 2.74. The molecular weight excluding hydrogens is 222 g/mol. The monoisotopic (exact) mass is 253 g/mol. The lowest BCUT2D eigenvalue weighted by molar-refractivity contribution is -0.0916. The van der Waals surface area contributed by atoms with Gasteiger partial charge in [0.1, 0.15) is 0 Å². The zero-order valence-electron chi connectivity index (χ0n) is 12.3. The Kier molecular flexibility index (Phi) is 4.38. The highest BCUT2D eigenvalue weighted by Gasteiger charge is 2.52. The Morgan fingerprint density at radius 3 is 2.56 bits per heavy atom. The van der Waals surface area contributed by atoms with E-state index in [0.29, 0.717) is 6.54 Å². The van der Waals surface area contributed by atoms with Crippen molar-refractivity contribution < 1.29 is 5.11 Å². The lowest BCUT2D eigenvalue weighted by Gasteiger charge is -2.45. The van der Waals surface area contributed by atoms with Crippen molar-refractivity contribution >= 4 is 0 Å². The van der Waals surface area contributed by atoms with Crippen LogP contribution in [0.5, 0.6) is 0 Å². The summed E-state index contributed by atoms with van der Waals surface area (Å²) >= 11 is 0. The van der Waals surface area contributed by atoms with Crippen molar-refractivity contribution in [2.45, 2.75) is 77.2 Å². The lowest BCUT2D eigenvalue weighted by atomic mass is 9.66. The topological polar surface area (TPSA) is 46.2 Å². The predicted octanol–water partition coefficient (Wildman–Crippen LogP) is 3.47. The van der Waals surface area contributed by atoms with Crippen LogP contribution in [0.1, 0.15) is 71.6 Å². The first-order valence-corrected chi connectivity index (χ1v) is 7.98. The van der Waals surface area contributed by atoms with Gasteiger partial charge in [0, 0.05) is 12.0 Å². The van der Waals surface area contributed by atoms with Crippen LogP contribution in [0.2, 0.25) is 0 Å². The van der Waals surface area contributed by atoms with E-state index < -0.39 is 5.60 Å². The van der Waals surface area contributed by atoms with E-state index in [4.69, 9.17) is 5.73 Å². The molecule has 2 saturated carbocycles. The van der Waals surface area contributed by atoms with Crippen LogP contribution in [-0.4, -0.2) is 17.3 Å². The fraction of sp³-hybridized carbons (Fsp3) is 1.00. The predicted molar refractivity (Wildman–Crippen MR) is 76.3 cm³/mol. The highest BCUT2D eigenvalue weighted by atomic mass is 16.3. The maximum atomic E-state index is 11.3. The Balaban J connectivity index is 2.15. The van der Waals surface area contributed by atoms with Gasteiger partial charge in [-0.2, -0.15) is 0 Å². The molecule has 0 radical (unpaired) electrons. The molecule has 2 aliphatic rings. The molecule has 0 aromatic rings. The van der Waals surface area contributed by atoms with Gasteiger partial charge in [-0.05, 0) is 50.4 Å². The third kappa shape index (κ3) is 2.46. The molecule has 0 saturated heterocycles. The smallest absolute Gasteiger partial charge is 0.0716 e. The third-order valence-electron chi connectivity index (χ3n) is 6.00. The minimum atomic E-state index is -0.476. The van der Waals surface area contributed by atoms with Crippen LogP contribution in [0.3, 0.4) is 0 Å². The van der Waals surface area contributed by atoms with Crippen molar-refractivity contribution in [2.75, 3.05) is 6.54 Å². The van der Waals surface area contributed by atoms with E-state index in [1.807, 2.05) is 0 Å². The maximum absolute atomic E-state index is 11.3. The van der Waals surface area contributed by atoms with E-state index in [1.54, 1.807) is 0 Å². The van der Waals surface area contributed by atoms with Crippen molar-refractivity contribution in [3.63, 3.8) is 0 Å². The molecule has 2 heteroatoms. The van der Waals surface area contributed by atoms with Crippen LogP contribution in [-0.2, 0) is 0 Å². The fourth-order valence-corrected chi connectivity index (χ4v) is 4.41. The van der Waals surface area contributed by atoms with Gasteiger partial charge in [0.15, 0.2) is 0 Å². The minimum absolute atomic E-state index is 0.0255. The number of hydrogen-bond donors (Lipinski definition) is 2. The van der Waals surface area contributed by atoms with Gasteiger partial charge in [-0.25, -0.2) is 0 Å². The summed E-state index contributed by atoms with van der Waals surface area (Å²) < 4.78 is 0. The zero-order valence-corrected chi connectivity index (χ0v) is 12.3. The van der Waals surface area contributed by atoms with E-state index in [0.717, 1.165) is 37.5 Å². The molecule has 0 aromatic heterocycles. The van der Waals surface area contributed by atoms with Crippen molar-refractivity contribution in [3.8, 4) is 0 Å². The number of rotatable bonds is 3. The van der Waals surface area contributed by atoms with Crippen LogP contribution >= 0.6 is 0 Å². The molecule has 106 valence electrons. The Bertz CT molecular complexity index is 280. The van der Waals surface area contributed by atoms with E-state index >= 15 is 0 Å². The van der Waals surface area contributed by atoms with Crippen LogP contribution in [0, 0.1) is 17.3 Å². The molecular formula is C16H31NO. The molecule has 0 amide bonds. The van der Waals surface area contributed by atoms with Gasteiger partial charge in [-0.3, -0.25) is 0 Å². The van der Waals surface area contributed by atoms with Gasteiger partial charge in [-0.1, -0.05) is 33.1 Å². The van der Waals surface area contributed by atoms with E-state index in [-0.39, 0.29) is 5.41 Å². The van der Waals surface area contributed by atoms with Crippen LogP contribution in [0.4, 0.5) is 0 Å². The summed E-state index contributed by atoms with van der Waals surface area (Å²) in [6.07, 6.45) is 10.4. The average molecular weight is 253 g/mol. The molecule has 0 spiro atoms. The summed E-state index contributed by atoms with van der Waals surface area (Å²) in [5.74, 6) is 1.57. The van der Waals surface area contributed by atoms with Gasteiger partial charge in [0.2, 0.25) is 0 Å². The largest absolute Gasteiger partial charge is 0.389 e. The first kappa shape index (κ1) is 14.3. The molecule has 2 fully saturated rings. The third-order valence-corrected chi connectivity index (χ3v) is 6.00. The fourth-order valence-electron chi connectivity index (χ4n) is 4.41. The molecule has 2 rings (SSSR count). The summed E-state index contributed by atoms with van der Waals surface area (Å²) in [4.78, 5) is 0. The highest BCUT2D eigenvalue weighted by molar-refractivity contribution is 5.04. The Morgan fingerprint density at radius 2 is 1.94 bits per heavy atom. The number of hydrogen-bond acceptors (Lipinski definition) is 2. The molecule has 2 aliphatic carbocycles. The summed E-state index contributed by atoms with van der Waals surface area (Å²) in [6, 6.07) is 0. The van der Waals surface area contributed by atoms with Gasteiger partial charge < -0.3 is 10.8 Å². The summed E-state index contributed by atoms with van der Waals surface area (Å²) in [7, 11) is 0. The molecule has 18 heavy (non-hydrogen) atoms. The van der Waals surface area contributed by atoms with Crippen LogP contribution in [0.15, 0.2) is 0 Å². The lowest BCUT2D eigenvalue weighted by Crippen LogP contribution is -2.51. The van der Waals surface area contributed by atoms with Crippen molar-refractivity contribution in [1.82, 2.24) is 0 Å². The van der Waals surface area contributed by atoms with E-state index in [1.165, 1.54) is 32.1 Å². The Hall–Kier alpha value is -0.0800. The van der Waals surface area contributed by atoms with Gasteiger partial charge in [0.05, 0.1) is 5.60 Å². The van der Waals surface area contributed by atoms with Crippen LogP contribution in [0.25, 0.3) is 0 Å². The molecule has 0 aliphatic heterocycles. The first-order valence-electron chi connectivity index (χ1n) is 7.98. The first-order chi connectivity index (χ1) is 8.55. The second-order valence-electron chi connectivity index (χ2n) is 7.07. The summed E-state index contributed by atoms with van der Waals surface area (Å²) in [6.45, 7) is 5.27. The molecule has 0 bridgehead atoms. The maximum Gasteiger partial charge on any atom is 0.0716 e. The van der Waals surface area contributed by atoms with Crippen molar-refractivity contribution in [2.24, 2.45) is 23.0 Å². The summed E-state index contributed by atoms with van der Waals surface area (Å²) in [5, 5.41) is 11.3. The van der Waals surface area contributed by atoms with E-state index in [2.05, 4.69) is 13.8 Å². The van der Waals surface area contributed by atoms with Gasteiger partial charge >= 0.3 is 0 Å². The number of nitrogens with two attached hydrogens (primary N) is 1. The minimum Gasteiger partial charge on any atom is -0.389 e. The van der Waals surface area contributed by atoms with Crippen molar-refractivity contribution in [3.05, 3.63) is 0 Å². The van der Waals surface area contributed by atoms with Gasteiger partial charge in [0.25, 0.3) is 0 Å². The van der Waals surface area contributed by atoms with Crippen LogP contribution < -0.4 is 5.73 Å². The molecule has 2 nitrogen and oxygen atoms in total. The normalized spacial score (nSPS) is 46.0. The summed E-state index contributed by atoms with van der Waals surface area (Å²) in [5.41, 5.74) is 5.68. The molecule has 3 N–H and O–H groups in total. The Morgan fingerprint density at radius 1 is 1.17 bits per heavy atom. The molecule has 0 aromatic carbocycles. The second kappa shape index (κ2) is 5.50. The Labute approximate surface area is 112 Å². The molecule has 0 heterocycles. The number of aliphatic hydroxyl groups is 1. The molecule has 4 unspecified atom stereocenters.